The molecule has 0 unspecified atom stereocenters. The number of allylic oxidation sites excluding steroid dienone is 1. The predicted molar refractivity (Wildman–Crippen MR) is 150 cm³/mol. The number of nitrogens with zero attached hydrogens (tertiary/aromatic N) is 2. The fourth-order valence-corrected chi connectivity index (χ4v) is 4.12. The van der Waals surface area contributed by atoms with E-state index < -0.39 is 0 Å². The number of carbonyl (C=O) groups excluding carboxylic acids is 1. The van der Waals surface area contributed by atoms with Crippen LogP contribution in [-0.4, -0.2) is 32.4 Å². The number of imidazole rings is 1. The van der Waals surface area contributed by atoms with E-state index in [1.165, 1.54) is 5.56 Å². The zero-order valence-corrected chi connectivity index (χ0v) is 20.9. The van der Waals surface area contributed by atoms with Gasteiger partial charge in [-0.3, -0.25) is 9.78 Å². The number of pyridine rings is 1. The minimum atomic E-state index is -0.298. The molecule has 0 saturated heterocycles. The monoisotopic (exact) mass is 510 g/mol. The Morgan fingerprint density at radius 3 is 2.35 bits per heavy atom. The summed E-state index contributed by atoms with van der Waals surface area (Å²) in [6.07, 6.45) is 4.49. The highest BCUT2D eigenvalue weighted by Crippen LogP contribution is 2.28. The van der Waals surface area contributed by atoms with Gasteiger partial charge in [-0.1, -0.05) is 60.7 Å². The van der Waals surface area contributed by atoms with Crippen molar-refractivity contribution >= 4 is 40.6 Å². The number of ketones is 1. The molecule has 186 valence electrons. The van der Waals surface area contributed by atoms with Crippen LogP contribution < -0.4 is 5.32 Å². The van der Waals surface area contributed by atoms with Crippen LogP contribution in [0.25, 0.3) is 22.4 Å². The molecule has 2 heterocycles. The Kier molecular flexibility index (Phi) is 8.46. The highest BCUT2D eigenvalue weighted by Gasteiger charge is 2.23. The molecule has 5 aromatic rings. The van der Waals surface area contributed by atoms with Gasteiger partial charge in [0.2, 0.25) is 5.78 Å². The molecule has 5 rings (SSSR count). The summed E-state index contributed by atoms with van der Waals surface area (Å²) in [5.41, 5.74) is 4.93. The Bertz CT molecular complexity index is 1480. The average molecular weight is 511 g/mol. The number of halogens is 1. The van der Waals surface area contributed by atoms with Crippen LogP contribution in [0.3, 0.4) is 0 Å². The number of hydrogen-bond acceptors (Lipinski definition) is 5. The van der Waals surface area contributed by atoms with Crippen molar-refractivity contribution in [3.05, 3.63) is 131 Å². The molecule has 3 aromatic carbocycles. The van der Waals surface area contributed by atoms with E-state index >= 15 is 0 Å². The molecule has 37 heavy (non-hydrogen) atoms. The lowest BCUT2D eigenvalue weighted by atomic mass is 9.98. The highest BCUT2D eigenvalue weighted by atomic mass is 35.5. The molecular formula is C30H27ClN4O2. The Morgan fingerprint density at radius 1 is 0.838 bits per heavy atom. The van der Waals surface area contributed by atoms with Crippen LogP contribution in [0.2, 0.25) is 0 Å². The number of nitrogens with one attached hydrogen (secondary N) is 2. The minimum Gasteiger partial charge on any atom is -0.506 e. The summed E-state index contributed by atoms with van der Waals surface area (Å²) in [6, 6.07) is 28.1. The van der Waals surface area contributed by atoms with Crippen molar-refractivity contribution in [1.82, 2.24) is 20.3 Å². The first-order valence-corrected chi connectivity index (χ1v) is 11.9. The molecule has 2 aromatic heterocycles. The molecular weight excluding hydrogens is 484 g/mol. The van der Waals surface area contributed by atoms with Gasteiger partial charge in [-0.2, -0.15) is 0 Å². The zero-order valence-electron chi connectivity index (χ0n) is 20.1. The van der Waals surface area contributed by atoms with E-state index in [9.17, 15) is 9.90 Å². The number of H-pyrrole nitrogens is 1. The topological polar surface area (TPSA) is 90.9 Å². The molecule has 0 fully saturated rings. The van der Waals surface area contributed by atoms with Crippen LogP contribution in [0.5, 0.6) is 0 Å². The van der Waals surface area contributed by atoms with Crippen LogP contribution in [0.1, 0.15) is 32.9 Å². The van der Waals surface area contributed by atoms with Gasteiger partial charge in [-0.05, 0) is 54.4 Å². The number of aliphatic hydroxyl groups excluding tert-OH is 1. The second kappa shape index (κ2) is 12.1. The van der Waals surface area contributed by atoms with E-state index in [0.717, 1.165) is 29.6 Å². The van der Waals surface area contributed by atoms with Crippen LogP contribution in [-0.2, 0) is 13.0 Å². The molecule has 0 atom stereocenters. The maximum absolute atomic E-state index is 13.6. The van der Waals surface area contributed by atoms with Gasteiger partial charge in [0.15, 0.2) is 0 Å². The molecule has 6 nitrogen and oxygen atoms in total. The van der Waals surface area contributed by atoms with Gasteiger partial charge in [-0.25, -0.2) is 4.98 Å². The quantitative estimate of drug-likeness (QED) is 0.0975. The molecule has 0 saturated carbocycles. The van der Waals surface area contributed by atoms with Crippen molar-refractivity contribution in [1.29, 1.82) is 0 Å². The summed E-state index contributed by atoms with van der Waals surface area (Å²) in [5, 5.41) is 14.8. The van der Waals surface area contributed by atoms with E-state index in [2.05, 4.69) is 20.3 Å². The predicted octanol–water partition coefficient (Wildman–Crippen LogP) is 6.02. The number of aliphatic hydroxyl groups is 1. The van der Waals surface area contributed by atoms with Crippen LogP contribution in [0.15, 0.2) is 103 Å². The van der Waals surface area contributed by atoms with E-state index in [-0.39, 0.29) is 29.5 Å². The maximum atomic E-state index is 13.6. The number of benzene rings is 3. The van der Waals surface area contributed by atoms with Gasteiger partial charge in [0, 0.05) is 30.1 Å². The van der Waals surface area contributed by atoms with Gasteiger partial charge in [0.25, 0.3) is 0 Å². The number of Topliss-reactive ketones (excluding diaryl/α,β-unsaturated/α-hetero) is 1. The zero-order chi connectivity index (χ0) is 24.7. The molecule has 0 aliphatic heterocycles. The molecule has 0 aliphatic rings. The molecule has 7 heteroatoms. The third-order valence-corrected chi connectivity index (χ3v) is 6.00. The third kappa shape index (κ3) is 6.12. The summed E-state index contributed by atoms with van der Waals surface area (Å²) in [7, 11) is 0. The van der Waals surface area contributed by atoms with Crippen molar-refractivity contribution in [3.63, 3.8) is 0 Å². The molecule has 0 aliphatic carbocycles. The molecule has 3 N–H and O–H groups in total. The van der Waals surface area contributed by atoms with Gasteiger partial charge < -0.3 is 15.4 Å². The van der Waals surface area contributed by atoms with Crippen LogP contribution in [0.4, 0.5) is 0 Å². The molecule has 0 spiro atoms. The minimum absolute atomic E-state index is 0. The summed E-state index contributed by atoms with van der Waals surface area (Å²) in [4.78, 5) is 25.4. The lowest BCUT2D eigenvalue weighted by molar-refractivity contribution is 0.105. The van der Waals surface area contributed by atoms with E-state index in [1.807, 2.05) is 60.7 Å². The van der Waals surface area contributed by atoms with Crippen molar-refractivity contribution in [2.75, 3.05) is 6.54 Å². The Balaban J connectivity index is 0.00000320. The molecule has 0 amide bonds. The van der Waals surface area contributed by atoms with Gasteiger partial charge in [-0.15, -0.1) is 12.4 Å². The second-order valence-corrected chi connectivity index (χ2v) is 8.50. The van der Waals surface area contributed by atoms with E-state index in [1.54, 1.807) is 42.7 Å². The Morgan fingerprint density at radius 2 is 1.57 bits per heavy atom. The Hall–Kier alpha value is -4.26. The second-order valence-electron chi connectivity index (χ2n) is 8.50. The fraction of sp³-hybridized carbons (Fsp3) is 0.100. The first-order valence-electron chi connectivity index (χ1n) is 11.9. The van der Waals surface area contributed by atoms with Crippen molar-refractivity contribution in [2.45, 2.75) is 13.0 Å². The lowest BCUT2D eigenvalue weighted by Crippen LogP contribution is -2.16. The van der Waals surface area contributed by atoms with E-state index in [0.29, 0.717) is 23.5 Å². The van der Waals surface area contributed by atoms with Gasteiger partial charge in [0.1, 0.15) is 17.2 Å². The van der Waals surface area contributed by atoms with Gasteiger partial charge >= 0.3 is 0 Å². The summed E-state index contributed by atoms with van der Waals surface area (Å²) < 4.78 is 0. The average Bonchev–Trinajstić information content (AvgIpc) is 3.36. The normalized spacial score (nSPS) is 11.6. The fourth-order valence-electron chi connectivity index (χ4n) is 4.12. The first kappa shape index (κ1) is 25.8. The van der Waals surface area contributed by atoms with Crippen molar-refractivity contribution < 1.29 is 9.90 Å². The largest absolute Gasteiger partial charge is 0.506 e. The highest BCUT2D eigenvalue weighted by molar-refractivity contribution is 6.33. The summed E-state index contributed by atoms with van der Waals surface area (Å²) in [5.74, 6) is -0.0713. The summed E-state index contributed by atoms with van der Waals surface area (Å²) >= 11 is 0. The maximum Gasteiger partial charge on any atom is 0.200 e. The number of rotatable bonds is 9. The lowest BCUT2D eigenvalue weighted by Gasteiger charge is -2.11. The summed E-state index contributed by atoms with van der Waals surface area (Å²) in [6.45, 7) is 1.45. The number of carbonyl (C=O) groups is 1. The smallest absolute Gasteiger partial charge is 0.200 e. The van der Waals surface area contributed by atoms with E-state index in [4.69, 9.17) is 0 Å². The van der Waals surface area contributed by atoms with Crippen LogP contribution in [0, 0.1) is 0 Å². The van der Waals surface area contributed by atoms with Crippen molar-refractivity contribution in [3.8, 4) is 0 Å². The molecule has 0 radical (unpaired) electrons. The number of hydrogen-bond donors (Lipinski definition) is 3. The number of para-hydroxylation sites is 2. The molecule has 0 bridgehead atoms. The standard InChI is InChI=1S/C30H26N4O2.ClH/c35-28(23-8-2-1-3-9-23)27(30-33-25-11-4-5-12-26(25)34-30)29(36)24-10-6-7-22(19-24)20-32-18-15-21-13-16-31-17-14-21;/h1-14,16-17,19,32,36H,15,18,20H2,(H,33,34);1H/b29-27+;. The number of aromatic nitrogens is 3. The van der Waals surface area contributed by atoms with Gasteiger partial charge in [0.05, 0.1) is 11.0 Å². The SMILES string of the molecule is Cl.O=C(/C(=C(\O)c1cccc(CNCCc2ccncc2)c1)c1nc2ccccc2[nH]1)c1ccccc1. The Labute approximate surface area is 221 Å². The van der Waals surface area contributed by atoms with Crippen molar-refractivity contribution in [2.24, 2.45) is 0 Å². The van der Waals surface area contributed by atoms with Crippen LogP contribution >= 0.6 is 12.4 Å². The number of aromatic amines is 1. The number of fused-ring (bicyclic) bond motifs is 1. The first-order chi connectivity index (χ1) is 17.7. The third-order valence-electron chi connectivity index (χ3n) is 6.00.